The first-order valence-corrected chi connectivity index (χ1v) is 9.60. The van der Waals surface area contributed by atoms with Crippen LogP contribution in [0.2, 0.25) is 0 Å². The minimum atomic E-state index is -3.34. The van der Waals surface area contributed by atoms with Crippen molar-refractivity contribution in [2.24, 2.45) is 0 Å². The summed E-state index contributed by atoms with van der Waals surface area (Å²) < 4.78 is 29.7. The van der Waals surface area contributed by atoms with Crippen LogP contribution in [0.1, 0.15) is 12.8 Å². The highest BCUT2D eigenvalue weighted by Gasteiger charge is 2.17. The van der Waals surface area contributed by atoms with E-state index in [2.05, 4.69) is 5.32 Å². The summed E-state index contributed by atoms with van der Waals surface area (Å²) >= 11 is 0. The number of rotatable bonds is 10. The number of hydrogen-bond donors (Lipinski definition) is 1. The maximum atomic E-state index is 12.0. The van der Waals surface area contributed by atoms with Gasteiger partial charge in [-0.2, -0.15) is 0 Å². The Hall–Kier alpha value is -1.64. The number of methoxy groups -OCH3 is 1. The van der Waals surface area contributed by atoms with Gasteiger partial charge in [0.2, 0.25) is 15.9 Å². The molecule has 0 aliphatic rings. The zero-order valence-corrected chi connectivity index (χ0v) is 15.6. The summed E-state index contributed by atoms with van der Waals surface area (Å²) in [5, 5.41) is 2.78. The summed E-state index contributed by atoms with van der Waals surface area (Å²) in [7, 11) is 2.12. The predicted molar refractivity (Wildman–Crippen MR) is 96.9 cm³/mol. The van der Waals surface area contributed by atoms with E-state index in [9.17, 15) is 13.2 Å². The van der Waals surface area contributed by atoms with Gasteiger partial charge in [-0.25, -0.2) is 12.7 Å². The number of nitrogens with one attached hydrogen (secondary N) is 1. The van der Waals surface area contributed by atoms with Crippen LogP contribution in [-0.2, 0) is 19.6 Å². The van der Waals surface area contributed by atoms with Gasteiger partial charge >= 0.3 is 0 Å². The number of ether oxygens (including phenoxy) is 1. The maximum Gasteiger partial charge on any atom is 0.225 e. The molecule has 1 aromatic rings. The number of anilines is 2. The van der Waals surface area contributed by atoms with E-state index in [4.69, 9.17) is 4.74 Å². The lowest BCUT2D eigenvalue weighted by molar-refractivity contribution is -0.116. The Balaban J connectivity index is 2.53. The molecule has 1 aromatic carbocycles. The maximum absolute atomic E-state index is 12.0. The molecule has 0 aromatic heterocycles. The van der Waals surface area contributed by atoms with Gasteiger partial charge in [-0.3, -0.25) is 4.79 Å². The third kappa shape index (κ3) is 7.29. The second-order valence-corrected chi connectivity index (χ2v) is 7.73. The molecule has 7 nitrogen and oxygen atoms in total. The van der Waals surface area contributed by atoms with E-state index in [1.807, 2.05) is 43.3 Å². The van der Waals surface area contributed by atoms with Crippen molar-refractivity contribution in [2.75, 3.05) is 57.4 Å². The van der Waals surface area contributed by atoms with Crippen molar-refractivity contribution in [2.45, 2.75) is 12.8 Å². The molecule has 1 rings (SSSR count). The van der Waals surface area contributed by atoms with Crippen molar-refractivity contribution in [3.05, 3.63) is 24.3 Å². The van der Waals surface area contributed by atoms with Crippen molar-refractivity contribution >= 4 is 27.3 Å². The number of hydrogen-bond acceptors (Lipinski definition) is 5. The van der Waals surface area contributed by atoms with Crippen LogP contribution in [0.25, 0.3) is 0 Å². The molecule has 0 heterocycles. The topological polar surface area (TPSA) is 79.0 Å². The fourth-order valence-electron chi connectivity index (χ4n) is 2.12. The van der Waals surface area contributed by atoms with Crippen molar-refractivity contribution < 1.29 is 17.9 Å². The van der Waals surface area contributed by atoms with Crippen LogP contribution in [0.5, 0.6) is 0 Å². The zero-order valence-electron chi connectivity index (χ0n) is 14.8. The third-order valence-corrected chi connectivity index (χ3v) is 4.78. The van der Waals surface area contributed by atoms with Gasteiger partial charge in [0.15, 0.2) is 0 Å². The number of sulfonamides is 1. The molecular weight excluding hydrogens is 330 g/mol. The van der Waals surface area contributed by atoms with E-state index >= 15 is 0 Å². The van der Waals surface area contributed by atoms with E-state index in [1.54, 1.807) is 7.11 Å². The molecule has 1 amide bonds. The minimum Gasteiger partial charge on any atom is -0.385 e. The summed E-state index contributed by atoms with van der Waals surface area (Å²) in [5.41, 5.74) is 1.73. The van der Waals surface area contributed by atoms with Crippen molar-refractivity contribution in [1.82, 2.24) is 4.31 Å². The molecule has 24 heavy (non-hydrogen) atoms. The number of amides is 1. The first-order chi connectivity index (χ1) is 11.2. The molecule has 0 spiro atoms. The standard InChI is InChI=1S/C16H27N3O4S/c1-18(2)15-8-6-14(7-9-15)17-16(20)10-12-19(24(4,21)22)11-5-13-23-3/h6-9H,5,10-13H2,1-4H3,(H,17,20). The Bertz CT molecular complexity index is 615. The molecule has 0 aliphatic carbocycles. The first-order valence-electron chi connectivity index (χ1n) is 7.75. The molecule has 0 fully saturated rings. The fourth-order valence-corrected chi connectivity index (χ4v) is 3.01. The van der Waals surface area contributed by atoms with Gasteiger partial charge in [0.05, 0.1) is 6.26 Å². The van der Waals surface area contributed by atoms with Crippen LogP contribution in [0.15, 0.2) is 24.3 Å². The van der Waals surface area contributed by atoms with Crippen LogP contribution < -0.4 is 10.2 Å². The van der Waals surface area contributed by atoms with Crippen LogP contribution in [0.4, 0.5) is 11.4 Å². The van der Waals surface area contributed by atoms with Crippen molar-refractivity contribution in [3.63, 3.8) is 0 Å². The van der Waals surface area contributed by atoms with Crippen LogP contribution >= 0.6 is 0 Å². The second-order valence-electron chi connectivity index (χ2n) is 5.75. The molecule has 0 atom stereocenters. The van der Waals surface area contributed by atoms with Gasteiger partial charge < -0.3 is 15.0 Å². The summed E-state index contributed by atoms with van der Waals surface area (Å²) in [6.07, 6.45) is 1.85. The number of carbonyl (C=O) groups is 1. The molecule has 0 saturated carbocycles. The molecule has 8 heteroatoms. The second kappa shape index (κ2) is 9.61. The van der Waals surface area contributed by atoms with Crippen molar-refractivity contribution in [3.8, 4) is 0 Å². The van der Waals surface area contributed by atoms with Gasteiger partial charge in [-0.05, 0) is 30.7 Å². The average Bonchev–Trinajstić information content (AvgIpc) is 2.50. The van der Waals surface area contributed by atoms with Gasteiger partial charge in [0.25, 0.3) is 0 Å². The van der Waals surface area contributed by atoms with Crippen LogP contribution in [0.3, 0.4) is 0 Å². The lowest BCUT2D eigenvalue weighted by Gasteiger charge is -2.19. The predicted octanol–water partition coefficient (Wildman–Crippen LogP) is 1.38. The molecule has 136 valence electrons. The number of nitrogens with zero attached hydrogens (tertiary/aromatic N) is 2. The molecule has 0 radical (unpaired) electrons. The molecular formula is C16H27N3O4S. The van der Waals surface area contributed by atoms with Gasteiger partial charge in [-0.15, -0.1) is 0 Å². The average molecular weight is 357 g/mol. The molecule has 0 aliphatic heterocycles. The quantitative estimate of drug-likeness (QED) is 0.640. The van der Waals surface area contributed by atoms with Crippen molar-refractivity contribution in [1.29, 1.82) is 0 Å². The van der Waals surface area contributed by atoms with Gasteiger partial charge in [0, 0.05) is 58.7 Å². The largest absolute Gasteiger partial charge is 0.385 e. The number of benzene rings is 1. The monoisotopic (exact) mass is 357 g/mol. The van der Waals surface area contributed by atoms with Crippen LogP contribution in [-0.4, -0.2) is 65.8 Å². The summed E-state index contributed by atoms with van der Waals surface area (Å²) in [6.45, 7) is 0.984. The Morgan fingerprint density at radius 2 is 1.79 bits per heavy atom. The minimum absolute atomic E-state index is 0.107. The Morgan fingerprint density at radius 1 is 1.17 bits per heavy atom. The smallest absolute Gasteiger partial charge is 0.225 e. The zero-order chi connectivity index (χ0) is 18.2. The summed E-state index contributed by atoms with van der Waals surface area (Å²) in [5.74, 6) is -0.215. The van der Waals surface area contributed by atoms with E-state index in [1.165, 1.54) is 4.31 Å². The van der Waals surface area contributed by atoms with Crippen LogP contribution in [0, 0.1) is 0 Å². The Morgan fingerprint density at radius 3 is 2.29 bits per heavy atom. The van der Waals surface area contributed by atoms with E-state index in [0.29, 0.717) is 25.3 Å². The Kier molecular flexibility index (Phi) is 8.17. The first kappa shape index (κ1) is 20.4. The molecule has 1 N–H and O–H groups in total. The lowest BCUT2D eigenvalue weighted by atomic mass is 10.2. The van der Waals surface area contributed by atoms with Gasteiger partial charge in [0.1, 0.15) is 0 Å². The lowest BCUT2D eigenvalue weighted by Crippen LogP contribution is -2.34. The van der Waals surface area contributed by atoms with Gasteiger partial charge in [-0.1, -0.05) is 0 Å². The number of carbonyl (C=O) groups excluding carboxylic acids is 1. The summed E-state index contributed by atoms with van der Waals surface area (Å²) in [4.78, 5) is 14.0. The fraction of sp³-hybridized carbons (Fsp3) is 0.562. The normalized spacial score (nSPS) is 11.5. The summed E-state index contributed by atoms with van der Waals surface area (Å²) in [6, 6.07) is 7.45. The molecule has 0 bridgehead atoms. The van der Waals surface area contributed by atoms with E-state index in [0.717, 1.165) is 11.9 Å². The van der Waals surface area contributed by atoms with E-state index < -0.39 is 10.0 Å². The highest BCUT2D eigenvalue weighted by atomic mass is 32.2. The van der Waals surface area contributed by atoms with E-state index in [-0.39, 0.29) is 18.9 Å². The molecule has 0 saturated heterocycles. The SMILES string of the molecule is COCCCN(CCC(=O)Nc1ccc(N(C)C)cc1)S(C)(=O)=O. The highest BCUT2D eigenvalue weighted by Crippen LogP contribution is 2.15. The third-order valence-electron chi connectivity index (χ3n) is 3.48. The molecule has 0 unspecified atom stereocenters. The highest BCUT2D eigenvalue weighted by molar-refractivity contribution is 7.88. The Labute approximate surface area is 144 Å².